The fourth-order valence-electron chi connectivity index (χ4n) is 2.29. The number of halogens is 1. The fourth-order valence-corrected chi connectivity index (χ4v) is 3.65. The van der Waals surface area contributed by atoms with Crippen molar-refractivity contribution in [3.8, 4) is 5.75 Å². The highest BCUT2D eigenvalue weighted by atomic mass is 35.5. The Morgan fingerprint density at radius 1 is 1.27 bits per heavy atom. The van der Waals surface area contributed by atoms with E-state index >= 15 is 0 Å². The van der Waals surface area contributed by atoms with Crippen LogP contribution in [0.1, 0.15) is 15.9 Å². The lowest BCUT2D eigenvalue weighted by atomic mass is 10.2. The van der Waals surface area contributed by atoms with Crippen LogP contribution in [0.2, 0.25) is 5.02 Å². The summed E-state index contributed by atoms with van der Waals surface area (Å²) in [6.45, 7) is 0. The van der Waals surface area contributed by atoms with Crippen LogP contribution in [0.15, 0.2) is 53.4 Å². The predicted octanol–water partition coefficient (Wildman–Crippen LogP) is 3.89. The first kappa shape index (κ1) is 18.4. The predicted molar refractivity (Wildman–Crippen MR) is 107 cm³/mol. The van der Waals surface area contributed by atoms with Crippen molar-refractivity contribution in [1.82, 2.24) is 10.4 Å². The number of methoxy groups -OCH3 is 1. The number of ether oxygens (including phenoxy) is 1. The highest BCUT2D eigenvalue weighted by molar-refractivity contribution is 8.26. The number of benzene rings is 2. The number of hydrazine groups is 1. The van der Waals surface area contributed by atoms with Crippen molar-refractivity contribution in [2.45, 2.75) is 0 Å². The van der Waals surface area contributed by atoms with Gasteiger partial charge in [0.25, 0.3) is 11.8 Å². The number of nitrogens with zero attached hydrogens (tertiary/aromatic N) is 1. The maximum Gasteiger partial charge on any atom is 0.285 e. The molecule has 1 heterocycles. The first-order valence-corrected chi connectivity index (χ1v) is 9.07. The van der Waals surface area contributed by atoms with E-state index in [2.05, 4.69) is 5.43 Å². The van der Waals surface area contributed by atoms with Gasteiger partial charge in [0.15, 0.2) is 4.32 Å². The monoisotopic (exact) mass is 404 g/mol. The second kappa shape index (κ2) is 7.90. The van der Waals surface area contributed by atoms with Crippen LogP contribution in [0.5, 0.6) is 5.75 Å². The van der Waals surface area contributed by atoms with Gasteiger partial charge in [-0.05, 0) is 42.6 Å². The van der Waals surface area contributed by atoms with Crippen molar-refractivity contribution in [2.24, 2.45) is 0 Å². The summed E-state index contributed by atoms with van der Waals surface area (Å²) < 4.78 is 5.53. The summed E-state index contributed by atoms with van der Waals surface area (Å²) in [5.41, 5.74) is 3.60. The molecule has 0 saturated carbocycles. The van der Waals surface area contributed by atoms with Crippen molar-refractivity contribution in [2.75, 3.05) is 7.11 Å². The van der Waals surface area contributed by atoms with Crippen molar-refractivity contribution in [1.29, 1.82) is 0 Å². The molecule has 26 heavy (non-hydrogen) atoms. The lowest BCUT2D eigenvalue weighted by molar-refractivity contribution is -0.123. The van der Waals surface area contributed by atoms with E-state index < -0.39 is 11.8 Å². The van der Waals surface area contributed by atoms with Gasteiger partial charge in [0.05, 0.1) is 12.0 Å². The largest absolute Gasteiger partial charge is 0.496 e. The Labute approximate surface area is 164 Å². The Hall–Kier alpha value is -2.35. The molecule has 2 aromatic rings. The van der Waals surface area contributed by atoms with Gasteiger partial charge >= 0.3 is 0 Å². The van der Waals surface area contributed by atoms with Crippen LogP contribution in [-0.4, -0.2) is 28.3 Å². The molecule has 5 nitrogen and oxygen atoms in total. The molecule has 2 amide bonds. The molecule has 0 aromatic heterocycles. The van der Waals surface area contributed by atoms with Gasteiger partial charge in [-0.1, -0.05) is 47.6 Å². The van der Waals surface area contributed by atoms with Crippen molar-refractivity contribution < 1.29 is 14.3 Å². The molecule has 132 valence electrons. The molecule has 0 radical (unpaired) electrons. The molecular weight excluding hydrogens is 392 g/mol. The van der Waals surface area contributed by atoms with E-state index in [1.165, 1.54) is 6.07 Å². The number of amides is 2. The molecule has 1 N–H and O–H groups in total. The molecule has 1 fully saturated rings. The number of thioether (sulfide) groups is 1. The van der Waals surface area contributed by atoms with Gasteiger partial charge in [-0.25, -0.2) is 0 Å². The number of carbonyl (C=O) groups is 2. The molecule has 0 unspecified atom stereocenters. The van der Waals surface area contributed by atoms with Crippen LogP contribution in [0.4, 0.5) is 0 Å². The topological polar surface area (TPSA) is 58.6 Å². The molecule has 1 saturated heterocycles. The summed E-state index contributed by atoms with van der Waals surface area (Å²) in [4.78, 5) is 25.4. The Balaban J connectivity index is 1.81. The zero-order valence-electron chi connectivity index (χ0n) is 13.6. The third-order valence-corrected chi connectivity index (χ3v) is 5.06. The van der Waals surface area contributed by atoms with Gasteiger partial charge in [0.2, 0.25) is 0 Å². The van der Waals surface area contributed by atoms with E-state index in [9.17, 15) is 9.59 Å². The summed E-state index contributed by atoms with van der Waals surface area (Å²) in [5.74, 6) is -0.232. The Kier molecular flexibility index (Phi) is 5.61. The Morgan fingerprint density at radius 2 is 2.04 bits per heavy atom. The summed E-state index contributed by atoms with van der Waals surface area (Å²) >= 11 is 12.2. The quantitative estimate of drug-likeness (QED) is 0.618. The molecule has 0 atom stereocenters. The van der Waals surface area contributed by atoms with Gasteiger partial charge < -0.3 is 4.74 Å². The van der Waals surface area contributed by atoms with Gasteiger partial charge in [0, 0.05) is 16.1 Å². The summed E-state index contributed by atoms with van der Waals surface area (Å²) in [6, 6.07) is 13.7. The fraction of sp³-hybridized carbons (Fsp3) is 0.0556. The first-order valence-electron chi connectivity index (χ1n) is 7.47. The lowest BCUT2D eigenvalue weighted by Crippen LogP contribution is -2.44. The normalized spacial score (nSPS) is 15.5. The molecule has 1 aliphatic rings. The Morgan fingerprint density at radius 3 is 2.77 bits per heavy atom. The van der Waals surface area contributed by atoms with Crippen molar-refractivity contribution in [3.05, 3.63) is 69.6 Å². The number of carbonyl (C=O) groups excluding carboxylic acids is 2. The first-order chi connectivity index (χ1) is 12.5. The maximum atomic E-state index is 12.6. The number of hydrogen-bond donors (Lipinski definition) is 1. The van der Waals surface area contributed by atoms with E-state index in [1.807, 2.05) is 18.2 Å². The van der Waals surface area contributed by atoms with E-state index in [0.717, 1.165) is 22.3 Å². The van der Waals surface area contributed by atoms with Crippen LogP contribution in [0.3, 0.4) is 0 Å². The molecule has 1 aliphatic heterocycles. The average Bonchev–Trinajstić information content (AvgIpc) is 2.89. The summed E-state index contributed by atoms with van der Waals surface area (Å²) in [7, 11) is 1.56. The highest BCUT2D eigenvalue weighted by Crippen LogP contribution is 2.33. The minimum atomic E-state index is -0.470. The molecular formula is C18H13ClN2O3S2. The molecule has 0 bridgehead atoms. The summed E-state index contributed by atoms with van der Waals surface area (Å²) in [6.07, 6.45) is 1.68. The second-order valence-corrected chi connectivity index (χ2v) is 7.32. The minimum absolute atomic E-state index is 0.242. The van der Waals surface area contributed by atoms with Crippen LogP contribution in [-0.2, 0) is 4.79 Å². The maximum absolute atomic E-state index is 12.6. The van der Waals surface area contributed by atoms with Gasteiger partial charge in [0.1, 0.15) is 5.75 Å². The number of para-hydroxylation sites is 1. The van der Waals surface area contributed by atoms with Crippen molar-refractivity contribution in [3.63, 3.8) is 0 Å². The number of hydrogen-bond acceptors (Lipinski definition) is 5. The zero-order valence-corrected chi connectivity index (χ0v) is 16.0. The smallest absolute Gasteiger partial charge is 0.285 e. The molecule has 0 spiro atoms. The van der Waals surface area contributed by atoms with Crippen LogP contribution in [0, 0.1) is 0 Å². The van der Waals surface area contributed by atoms with Crippen molar-refractivity contribution >= 4 is 57.8 Å². The summed E-state index contributed by atoms with van der Waals surface area (Å²) in [5, 5.41) is 1.49. The second-order valence-electron chi connectivity index (χ2n) is 5.21. The van der Waals surface area contributed by atoms with E-state index in [4.69, 9.17) is 28.6 Å². The lowest BCUT2D eigenvalue weighted by Gasteiger charge is -2.15. The van der Waals surface area contributed by atoms with Crippen LogP contribution >= 0.6 is 35.6 Å². The van der Waals surface area contributed by atoms with Gasteiger partial charge in [-0.2, -0.15) is 5.01 Å². The highest BCUT2D eigenvalue weighted by Gasteiger charge is 2.34. The van der Waals surface area contributed by atoms with Crippen LogP contribution < -0.4 is 10.2 Å². The van der Waals surface area contributed by atoms with Gasteiger partial charge in [-0.15, -0.1) is 0 Å². The number of nitrogens with one attached hydrogen (secondary N) is 1. The van der Waals surface area contributed by atoms with Gasteiger partial charge in [-0.3, -0.25) is 15.0 Å². The van der Waals surface area contributed by atoms with Crippen LogP contribution in [0.25, 0.3) is 6.08 Å². The third kappa shape index (κ3) is 3.90. The average molecular weight is 405 g/mol. The standard InChI is InChI=1S/C18H13ClN2O3S2/c1-24-14-8-3-2-5-11(14)10-15-17(23)21(18(25)26-15)20-16(22)12-6-4-7-13(19)9-12/h2-10H,1H3,(H,20,22). The molecule has 8 heteroatoms. The zero-order chi connectivity index (χ0) is 18.7. The molecule has 0 aliphatic carbocycles. The van der Waals surface area contributed by atoms with E-state index in [-0.39, 0.29) is 4.32 Å². The van der Waals surface area contributed by atoms with E-state index in [1.54, 1.807) is 37.5 Å². The number of thiocarbonyl (C=S) groups is 1. The Bertz CT molecular complexity index is 930. The third-order valence-electron chi connectivity index (χ3n) is 3.52. The molecule has 2 aromatic carbocycles. The number of rotatable bonds is 4. The van der Waals surface area contributed by atoms with E-state index in [0.29, 0.717) is 21.2 Å². The molecule has 3 rings (SSSR count). The minimum Gasteiger partial charge on any atom is -0.496 e. The SMILES string of the molecule is COc1ccccc1C=C1SC(=S)N(NC(=O)c2cccc(Cl)c2)C1=O.